The molecule has 5 heteroatoms. The molecule has 0 aliphatic carbocycles. The van der Waals surface area contributed by atoms with Crippen LogP contribution >= 0.6 is 11.6 Å². The highest BCUT2D eigenvalue weighted by Gasteiger charge is 2.30. The molecule has 3 nitrogen and oxygen atoms in total. The number of ketones is 1. The molecule has 0 saturated heterocycles. The number of ether oxygens (including phenoxy) is 2. The third kappa shape index (κ3) is 3.64. The predicted octanol–water partition coefficient (Wildman–Crippen LogP) is 5.98. The van der Waals surface area contributed by atoms with E-state index in [2.05, 4.69) is 0 Å². The number of allylic oxidation sites excluding steroid dienone is 1. The van der Waals surface area contributed by atoms with E-state index >= 15 is 0 Å². The SMILES string of the molecule is Cc1c(OCc2ccc(F)cc2)ccc2c1O/C(=C\c1ccc(Cl)cc1)C2=O. The number of hydrogen-bond donors (Lipinski definition) is 0. The van der Waals surface area contributed by atoms with Gasteiger partial charge < -0.3 is 9.47 Å². The van der Waals surface area contributed by atoms with Crippen LogP contribution in [0.4, 0.5) is 4.39 Å². The van der Waals surface area contributed by atoms with Crippen molar-refractivity contribution in [1.82, 2.24) is 0 Å². The van der Waals surface area contributed by atoms with Gasteiger partial charge in [0.05, 0.1) is 5.56 Å². The van der Waals surface area contributed by atoms with Crippen LogP contribution in [-0.4, -0.2) is 5.78 Å². The normalized spacial score (nSPS) is 14.1. The second-order valence-corrected chi connectivity index (χ2v) is 6.91. The Hall–Kier alpha value is -3.11. The maximum absolute atomic E-state index is 13.0. The standard InChI is InChI=1S/C23H16ClFO3/c1-14-20(27-13-16-4-8-18(25)9-5-16)11-10-19-22(26)21(28-23(14)19)12-15-2-6-17(24)7-3-15/h2-12H,13H2,1H3/b21-12-. The first-order valence-electron chi connectivity index (χ1n) is 8.72. The second kappa shape index (κ2) is 7.49. The van der Waals surface area contributed by atoms with Crippen molar-refractivity contribution in [1.29, 1.82) is 0 Å². The summed E-state index contributed by atoms with van der Waals surface area (Å²) in [6.45, 7) is 2.14. The largest absolute Gasteiger partial charge is 0.488 e. The van der Waals surface area contributed by atoms with Gasteiger partial charge in [0, 0.05) is 10.6 Å². The zero-order valence-corrected chi connectivity index (χ0v) is 15.8. The molecule has 1 heterocycles. The summed E-state index contributed by atoms with van der Waals surface area (Å²) in [7, 11) is 0. The Morgan fingerprint density at radius 3 is 2.46 bits per heavy atom. The Kier molecular flexibility index (Phi) is 4.88. The number of carbonyl (C=O) groups excluding carboxylic acids is 1. The van der Waals surface area contributed by atoms with Gasteiger partial charge in [0.2, 0.25) is 5.78 Å². The van der Waals surface area contributed by atoms with Gasteiger partial charge in [0.15, 0.2) is 5.76 Å². The van der Waals surface area contributed by atoms with Crippen LogP contribution in [0.5, 0.6) is 11.5 Å². The molecule has 4 rings (SSSR count). The molecule has 0 bridgehead atoms. The third-order valence-corrected chi connectivity index (χ3v) is 4.76. The highest BCUT2D eigenvalue weighted by atomic mass is 35.5. The van der Waals surface area contributed by atoms with Crippen molar-refractivity contribution in [3.63, 3.8) is 0 Å². The lowest BCUT2D eigenvalue weighted by Crippen LogP contribution is -1.98. The molecule has 28 heavy (non-hydrogen) atoms. The van der Waals surface area contributed by atoms with Gasteiger partial charge in [-0.2, -0.15) is 0 Å². The zero-order valence-electron chi connectivity index (χ0n) is 15.0. The van der Waals surface area contributed by atoms with E-state index in [1.165, 1.54) is 12.1 Å². The quantitative estimate of drug-likeness (QED) is 0.510. The van der Waals surface area contributed by atoms with E-state index in [0.29, 0.717) is 28.7 Å². The van der Waals surface area contributed by atoms with Crippen molar-refractivity contribution in [2.75, 3.05) is 0 Å². The summed E-state index contributed by atoms with van der Waals surface area (Å²) in [5.41, 5.74) is 2.92. The molecular formula is C23H16ClFO3. The third-order valence-electron chi connectivity index (χ3n) is 4.51. The Bertz CT molecular complexity index is 1070. The van der Waals surface area contributed by atoms with Crippen LogP contribution in [0.25, 0.3) is 6.08 Å². The van der Waals surface area contributed by atoms with Crippen molar-refractivity contribution >= 4 is 23.5 Å². The maximum atomic E-state index is 13.0. The van der Waals surface area contributed by atoms with E-state index < -0.39 is 0 Å². The van der Waals surface area contributed by atoms with E-state index in [1.54, 1.807) is 42.5 Å². The molecule has 3 aromatic rings. The number of benzene rings is 3. The van der Waals surface area contributed by atoms with Crippen molar-refractivity contribution in [3.8, 4) is 11.5 Å². The van der Waals surface area contributed by atoms with Gasteiger partial charge in [-0.15, -0.1) is 0 Å². The lowest BCUT2D eigenvalue weighted by Gasteiger charge is -2.11. The fourth-order valence-corrected chi connectivity index (χ4v) is 3.10. The molecule has 140 valence electrons. The summed E-state index contributed by atoms with van der Waals surface area (Å²) in [4.78, 5) is 12.6. The van der Waals surface area contributed by atoms with Crippen LogP contribution in [0.15, 0.2) is 66.4 Å². The van der Waals surface area contributed by atoms with Gasteiger partial charge in [-0.3, -0.25) is 4.79 Å². The van der Waals surface area contributed by atoms with Crippen molar-refractivity contribution in [2.45, 2.75) is 13.5 Å². The summed E-state index contributed by atoms with van der Waals surface area (Å²) >= 11 is 5.90. The molecule has 0 saturated carbocycles. The number of fused-ring (bicyclic) bond motifs is 1. The first-order chi connectivity index (χ1) is 13.5. The van der Waals surface area contributed by atoms with E-state index in [9.17, 15) is 9.18 Å². The molecule has 3 aromatic carbocycles. The van der Waals surface area contributed by atoms with Crippen molar-refractivity contribution < 1.29 is 18.7 Å². The Morgan fingerprint density at radius 1 is 1.04 bits per heavy atom. The molecular weight excluding hydrogens is 379 g/mol. The molecule has 0 atom stereocenters. The summed E-state index contributed by atoms with van der Waals surface area (Å²) in [5.74, 6) is 0.920. The van der Waals surface area contributed by atoms with E-state index in [4.69, 9.17) is 21.1 Å². The first-order valence-corrected chi connectivity index (χ1v) is 9.10. The van der Waals surface area contributed by atoms with Gasteiger partial charge in [-0.1, -0.05) is 35.9 Å². The smallest absolute Gasteiger partial charge is 0.231 e. The number of hydrogen-bond acceptors (Lipinski definition) is 3. The fraction of sp³-hybridized carbons (Fsp3) is 0.0870. The highest BCUT2D eigenvalue weighted by Crippen LogP contribution is 2.39. The van der Waals surface area contributed by atoms with Crippen LogP contribution < -0.4 is 9.47 Å². The molecule has 1 aliphatic rings. The molecule has 1 aliphatic heterocycles. The number of halogens is 2. The summed E-state index contributed by atoms with van der Waals surface area (Å²) in [6.07, 6.45) is 1.69. The lowest BCUT2D eigenvalue weighted by atomic mass is 10.1. The van der Waals surface area contributed by atoms with E-state index in [1.807, 2.05) is 19.1 Å². The van der Waals surface area contributed by atoms with Gasteiger partial charge in [-0.05, 0) is 60.5 Å². The highest BCUT2D eigenvalue weighted by molar-refractivity contribution is 6.30. The zero-order chi connectivity index (χ0) is 19.7. The van der Waals surface area contributed by atoms with Crippen LogP contribution in [0, 0.1) is 12.7 Å². The summed E-state index contributed by atoms with van der Waals surface area (Å²) in [5, 5.41) is 0.628. The summed E-state index contributed by atoms with van der Waals surface area (Å²) in [6, 6.07) is 16.7. The fourth-order valence-electron chi connectivity index (χ4n) is 2.98. The van der Waals surface area contributed by atoms with Gasteiger partial charge >= 0.3 is 0 Å². The van der Waals surface area contributed by atoms with E-state index in [-0.39, 0.29) is 17.4 Å². The van der Waals surface area contributed by atoms with Crippen molar-refractivity contribution in [2.24, 2.45) is 0 Å². The minimum absolute atomic E-state index is 0.168. The maximum Gasteiger partial charge on any atom is 0.231 e. The average molecular weight is 395 g/mol. The molecule has 0 radical (unpaired) electrons. The van der Waals surface area contributed by atoms with Crippen LogP contribution in [0.2, 0.25) is 5.02 Å². The Morgan fingerprint density at radius 2 is 1.75 bits per heavy atom. The Balaban J connectivity index is 1.56. The number of carbonyl (C=O) groups is 1. The average Bonchev–Trinajstić information content (AvgIpc) is 3.01. The molecule has 0 amide bonds. The predicted molar refractivity (Wildman–Crippen MR) is 106 cm³/mol. The number of rotatable bonds is 4. The molecule has 0 aromatic heterocycles. The van der Waals surface area contributed by atoms with Crippen molar-refractivity contribution in [3.05, 3.63) is 99.5 Å². The monoisotopic (exact) mass is 394 g/mol. The second-order valence-electron chi connectivity index (χ2n) is 6.47. The first kappa shape index (κ1) is 18.3. The number of Topliss-reactive ketones (excluding diaryl/α,β-unsaturated/α-hetero) is 1. The Labute approximate surface area is 167 Å². The van der Waals surface area contributed by atoms with Crippen LogP contribution in [-0.2, 0) is 6.61 Å². The van der Waals surface area contributed by atoms with Gasteiger partial charge in [0.25, 0.3) is 0 Å². The molecule has 0 spiro atoms. The minimum Gasteiger partial charge on any atom is -0.488 e. The van der Waals surface area contributed by atoms with Crippen LogP contribution in [0.3, 0.4) is 0 Å². The topological polar surface area (TPSA) is 35.5 Å². The van der Waals surface area contributed by atoms with Gasteiger partial charge in [0.1, 0.15) is 23.9 Å². The van der Waals surface area contributed by atoms with Gasteiger partial charge in [-0.25, -0.2) is 4.39 Å². The van der Waals surface area contributed by atoms with E-state index in [0.717, 1.165) is 16.7 Å². The molecule has 0 unspecified atom stereocenters. The van der Waals surface area contributed by atoms with Crippen LogP contribution in [0.1, 0.15) is 27.0 Å². The summed E-state index contributed by atoms with van der Waals surface area (Å²) < 4.78 is 24.7. The minimum atomic E-state index is -0.288. The molecule has 0 fully saturated rings. The molecule has 0 N–H and O–H groups in total. The lowest BCUT2D eigenvalue weighted by molar-refractivity contribution is 0.101.